The van der Waals surface area contributed by atoms with Crippen molar-refractivity contribution in [3.63, 3.8) is 0 Å². The topological polar surface area (TPSA) is 39.1 Å². The van der Waals surface area contributed by atoms with Crippen molar-refractivity contribution in [2.75, 3.05) is 20.3 Å². The Hall–Kier alpha value is -1.10. The van der Waals surface area contributed by atoms with E-state index in [2.05, 4.69) is 14.9 Å². The fourth-order valence-corrected chi connectivity index (χ4v) is 2.32. The van der Waals surface area contributed by atoms with Crippen LogP contribution in [0.4, 0.5) is 0 Å². The van der Waals surface area contributed by atoms with Crippen LogP contribution in [0, 0.1) is 0 Å². The van der Waals surface area contributed by atoms with E-state index in [1.54, 1.807) is 0 Å². The molecule has 0 bridgehead atoms. The maximum absolute atomic E-state index is 6.08. The summed E-state index contributed by atoms with van der Waals surface area (Å²) in [4.78, 5) is 4.64. The second-order valence-corrected chi connectivity index (χ2v) is 4.83. The van der Waals surface area contributed by atoms with Gasteiger partial charge in [-0.25, -0.2) is 4.98 Å². The van der Waals surface area contributed by atoms with Crippen molar-refractivity contribution in [2.45, 2.75) is 26.4 Å². The van der Waals surface area contributed by atoms with Crippen LogP contribution in [0.3, 0.4) is 0 Å². The fraction of sp³-hybridized carbons (Fsp3) is 0.500. The number of benzene rings is 1. The monoisotopic (exact) mass is 281 g/mol. The quantitative estimate of drug-likeness (QED) is 0.793. The van der Waals surface area contributed by atoms with Crippen molar-refractivity contribution in [3.05, 3.63) is 29.0 Å². The van der Waals surface area contributed by atoms with Gasteiger partial charge in [0.05, 0.1) is 17.6 Å². The molecule has 2 aromatic rings. The van der Waals surface area contributed by atoms with Crippen molar-refractivity contribution >= 4 is 22.6 Å². The van der Waals surface area contributed by atoms with Gasteiger partial charge in [0.1, 0.15) is 5.82 Å². The number of aromatic nitrogens is 2. The first kappa shape index (κ1) is 14.3. The van der Waals surface area contributed by atoms with E-state index in [0.29, 0.717) is 0 Å². The third-order valence-corrected chi connectivity index (χ3v) is 3.23. The first-order valence-corrected chi connectivity index (χ1v) is 7.01. The minimum atomic E-state index is 0.745. The molecule has 2 rings (SSSR count). The van der Waals surface area contributed by atoms with E-state index in [9.17, 15) is 0 Å². The second kappa shape index (κ2) is 6.89. The smallest absolute Gasteiger partial charge is 0.123 e. The molecule has 104 valence electrons. The number of aryl methyl sites for hydroxylation is 1. The van der Waals surface area contributed by atoms with Gasteiger partial charge in [-0.15, -0.1) is 0 Å². The number of halogens is 1. The highest BCUT2D eigenvalue weighted by atomic mass is 35.5. The van der Waals surface area contributed by atoms with Gasteiger partial charge in [-0.2, -0.15) is 0 Å². The molecule has 0 aliphatic heterocycles. The summed E-state index contributed by atoms with van der Waals surface area (Å²) in [5.74, 6) is 1.04. The van der Waals surface area contributed by atoms with Crippen molar-refractivity contribution < 1.29 is 4.74 Å². The van der Waals surface area contributed by atoms with Crippen LogP contribution in [0.25, 0.3) is 11.0 Å². The number of hydrogen-bond donors (Lipinski definition) is 1. The van der Waals surface area contributed by atoms with E-state index in [-0.39, 0.29) is 0 Å². The Morgan fingerprint density at radius 1 is 1.42 bits per heavy atom. The van der Waals surface area contributed by atoms with Crippen molar-refractivity contribution in [1.29, 1.82) is 0 Å². The predicted molar refractivity (Wildman–Crippen MR) is 78.6 cm³/mol. The number of hydrogen-bond acceptors (Lipinski definition) is 3. The number of nitrogens with one attached hydrogen (secondary N) is 1. The Morgan fingerprint density at radius 2 is 2.26 bits per heavy atom. The highest BCUT2D eigenvalue weighted by Gasteiger charge is 2.10. The van der Waals surface area contributed by atoms with E-state index in [1.165, 1.54) is 0 Å². The molecule has 0 saturated heterocycles. The van der Waals surface area contributed by atoms with Gasteiger partial charge in [0.25, 0.3) is 0 Å². The number of imidazole rings is 1. The summed E-state index contributed by atoms with van der Waals surface area (Å²) < 4.78 is 7.61. The normalized spacial score (nSPS) is 11.3. The molecule has 19 heavy (non-hydrogen) atoms. The maximum Gasteiger partial charge on any atom is 0.123 e. The third kappa shape index (κ3) is 3.47. The van der Waals surface area contributed by atoms with Crippen LogP contribution in [0.1, 0.15) is 19.2 Å². The van der Waals surface area contributed by atoms with Crippen molar-refractivity contribution in [1.82, 2.24) is 14.9 Å². The lowest BCUT2D eigenvalue weighted by Gasteiger charge is -2.09. The summed E-state index contributed by atoms with van der Waals surface area (Å²) in [6.07, 6.45) is 0.975. The van der Waals surface area contributed by atoms with Crippen LogP contribution in [0.2, 0.25) is 5.02 Å². The highest BCUT2D eigenvalue weighted by Crippen LogP contribution is 2.21. The molecule has 1 N–H and O–H groups in total. The summed E-state index contributed by atoms with van der Waals surface area (Å²) >= 11 is 6.08. The molecule has 0 amide bonds. The van der Waals surface area contributed by atoms with E-state index < -0.39 is 0 Å². The number of ether oxygens (including phenoxy) is 1. The lowest BCUT2D eigenvalue weighted by molar-refractivity contribution is 0.141. The first-order valence-electron chi connectivity index (χ1n) is 6.63. The number of rotatable bonds is 7. The Kier molecular flexibility index (Phi) is 5.19. The summed E-state index contributed by atoms with van der Waals surface area (Å²) in [5.41, 5.74) is 2.08. The van der Waals surface area contributed by atoms with Gasteiger partial charge in [0, 0.05) is 24.8 Å². The van der Waals surface area contributed by atoms with Gasteiger partial charge < -0.3 is 14.6 Å². The predicted octanol–water partition coefficient (Wildman–Crippen LogP) is 2.84. The second-order valence-electron chi connectivity index (χ2n) is 4.39. The van der Waals surface area contributed by atoms with Crippen LogP contribution in [-0.2, 0) is 17.8 Å². The zero-order chi connectivity index (χ0) is 13.7. The highest BCUT2D eigenvalue weighted by molar-refractivity contribution is 6.31. The molecule has 1 heterocycles. The maximum atomic E-state index is 6.08. The number of nitrogens with zero attached hydrogens (tertiary/aromatic N) is 2. The summed E-state index contributed by atoms with van der Waals surface area (Å²) in [7, 11) is 1.93. The first-order chi connectivity index (χ1) is 9.26. The molecule has 5 heteroatoms. The van der Waals surface area contributed by atoms with Crippen molar-refractivity contribution in [3.8, 4) is 0 Å². The van der Waals surface area contributed by atoms with Gasteiger partial charge >= 0.3 is 0 Å². The summed E-state index contributed by atoms with van der Waals surface area (Å²) in [6, 6.07) is 5.82. The average Bonchev–Trinajstić information content (AvgIpc) is 2.73. The molecule has 4 nitrogen and oxygen atoms in total. The van der Waals surface area contributed by atoms with Crippen LogP contribution in [-0.4, -0.2) is 29.8 Å². The largest absolute Gasteiger partial charge is 0.382 e. The minimum absolute atomic E-state index is 0.745. The molecular formula is C14H20ClN3O. The molecule has 0 spiro atoms. The van der Waals surface area contributed by atoms with E-state index in [0.717, 1.165) is 54.6 Å². The molecular weight excluding hydrogens is 262 g/mol. The molecule has 0 radical (unpaired) electrons. The van der Waals surface area contributed by atoms with Gasteiger partial charge in [0.15, 0.2) is 0 Å². The number of fused-ring (bicyclic) bond motifs is 1. The molecule has 0 aliphatic rings. The van der Waals surface area contributed by atoms with Crippen LogP contribution in [0.15, 0.2) is 18.2 Å². The summed E-state index contributed by atoms with van der Waals surface area (Å²) in [5, 5.41) is 3.90. The van der Waals surface area contributed by atoms with Gasteiger partial charge in [-0.3, -0.25) is 0 Å². The molecule has 0 saturated carbocycles. The van der Waals surface area contributed by atoms with E-state index in [1.807, 2.05) is 32.2 Å². The Labute approximate surface area is 118 Å². The van der Waals surface area contributed by atoms with Gasteiger partial charge in [-0.05, 0) is 38.6 Å². The Morgan fingerprint density at radius 3 is 3.00 bits per heavy atom. The zero-order valence-electron chi connectivity index (χ0n) is 11.4. The molecule has 0 fully saturated rings. The van der Waals surface area contributed by atoms with Crippen molar-refractivity contribution in [2.24, 2.45) is 0 Å². The zero-order valence-corrected chi connectivity index (χ0v) is 12.2. The standard InChI is InChI=1S/C14H20ClN3O/c1-3-19-8-4-7-18-13-9-11(15)5-6-12(13)17-14(18)10-16-2/h5-6,9,16H,3-4,7-8,10H2,1-2H3. The van der Waals surface area contributed by atoms with E-state index in [4.69, 9.17) is 16.3 Å². The molecule has 1 aromatic carbocycles. The molecule has 0 aliphatic carbocycles. The van der Waals surface area contributed by atoms with Crippen LogP contribution < -0.4 is 5.32 Å². The SMILES string of the molecule is CCOCCCn1c(CNC)nc2ccc(Cl)cc21. The van der Waals surface area contributed by atoms with E-state index >= 15 is 0 Å². The Balaban J connectivity index is 2.25. The van der Waals surface area contributed by atoms with Gasteiger partial charge in [0.2, 0.25) is 0 Å². The molecule has 0 atom stereocenters. The summed E-state index contributed by atoms with van der Waals surface area (Å²) in [6.45, 7) is 5.20. The molecule has 0 unspecified atom stereocenters. The third-order valence-electron chi connectivity index (χ3n) is 3.00. The average molecular weight is 282 g/mol. The van der Waals surface area contributed by atoms with Crippen LogP contribution >= 0.6 is 11.6 Å². The lowest BCUT2D eigenvalue weighted by Crippen LogP contribution is -2.13. The van der Waals surface area contributed by atoms with Gasteiger partial charge in [-0.1, -0.05) is 11.6 Å². The minimum Gasteiger partial charge on any atom is -0.382 e. The molecule has 1 aromatic heterocycles. The van der Waals surface area contributed by atoms with Crippen LogP contribution in [0.5, 0.6) is 0 Å². The lowest BCUT2D eigenvalue weighted by atomic mass is 10.3. The Bertz CT molecular complexity index is 539. The fourth-order valence-electron chi connectivity index (χ4n) is 2.16.